The number of rotatable bonds is 7. The molecule has 3 aromatic heterocycles. The van der Waals surface area contributed by atoms with E-state index in [-0.39, 0.29) is 5.56 Å². The van der Waals surface area contributed by atoms with Gasteiger partial charge in [-0.05, 0) is 80.0 Å². The van der Waals surface area contributed by atoms with Gasteiger partial charge in [0.15, 0.2) is 0 Å². The molecule has 0 aliphatic carbocycles. The van der Waals surface area contributed by atoms with Crippen LogP contribution in [-0.4, -0.2) is 44.7 Å². The number of aryl methyl sites for hydroxylation is 1. The Morgan fingerprint density at radius 3 is 2.55 bits per heavy atom. The number of fused-ring (bicyclic) bond motifs is 2. The maximum Gasteiger partial charge on any atom is 0.275 e. The SMILES string of the molecule is Cn1cc(-c2ccc3nc(-c4ccc(OCCN5CCCCC5)cc4)ccc3c2)c2ccn(SI)c2c1=O. The predicted molar refractivity (Wildman–Crippen MR) is 166 cm³/mol. The zero-order chi connectivity index (χ0) is 26.1. The lowest BCUT2D eigenvalue weighted by atomic mass is 10.0. The zero-order valence-corrected chi connectivity index (χ0v) is 24.2. The molecule has 1 aliphatic rings. The normalized spacial score (nSPS) is 14.4. The van der Waals surface area contributed by atoms with Crippen molar-refractivity contribution in [1.29, 1.82) is 0 Å². The molecule has 1 saturated heterocycles. The van der Waals surface area contributed by atoms with Crippen LogP contribution in [0.3, 0.4) is 0 Å². The summed E-state index contributed by atoms with van der Waals surface area (Å²) in [5.41, 5.74) is 5.75. The first kappa shape index (κ1) is 25.5. The van der Waals surface area contributed by atoms with Gasteiger partial charge in [-0.25, -0.2) is 4.98 Å². The minimum absolute atomic E-state index is 0.00318. The van der Waals surface area contributed by atoms with E-state index < -0.39 is 0 Å². The standard InChI is InChI=1S/C30H29IN4O2S/c1-33-20-26(25-13-16-35(38-31)29(25)30(33)36)22-7-11-28-23(19-22)8-12-27(32-28)21-5-9-24(10-6-21)37-18-17-34-14-3-2-4-15-34/h5-13,16,19-20H,2-4,14-15,17-18H2,1H3. The van der Waals surface area contributed by atoms with Crippen molar-refractivity contribution >= 4 is 52.1 Å². The van der Waals surface area contributed by atoms with E-state index in [1.54, 1.807) is 11.6 Å². The topological polar surface area (TPSA) is 52.3 Å². The average Bonchev–Trinajstić information content (AvgIpc) is 3.40. The van der Waals surface area contributed by atoms with Gasteiger partial charge in [-0.2, -0.15) is 0 Å². The molecule has 5 aromatic rings. The summed E-state index contributed by atoms with van der Waals surface area (Å²) in [5, 5.41) is 2.02. The smallest absolute Gasteiger partial charge is 0.275 e. The first-order valence-electron chi connectivity index (χ1n) is 13.0. The summed E-state index contributed by atoms with van der Waals surface area (Å²) in [6, 6.07) is 20.7. The van der Waals surface area contributed by atoms with Gasteiger partial charge in [-0.15, -0.1) is 0 Å². The Labute approximate surface area is 238 Å². The molecule has 0 spiro atoms. The fourth-order valence-electron chi connectivity index (χ4n) is 5.27. The minimum Gasteiger partial charge on any atom is -0.492 e. The highest BCUT2D eigenvalue weighted by atomic mass is 127. The van der Waals surface area contributed by atoms with Crippen LogP contribution in [0.15, 0.2) is 77.9 Å². The van der Waals surface area contributed by atoms with Gasteiger partial charge in [0.1, 0.15) is 17.9 Å². The first-order valence-corrected chi connectivity index (χ1v) is 16.3. The van der Waals surface area contributed by atoms with Crippen LogP contribution in [0.25, 0.3) is 44.2 Å². The molecule has 8 heteroatoms. The van der Waals surface area contributed by atoms with Crippen molar-refractivity contribution in [3.63, 3.8) is 0 Å². The van der Waals surface area contributed by atoms with Crippen LogP contribution in [0, 0.1) is 0 Å². The van der Waals surface area contributed by atoms with Crippen LogP contribution in [0.5, 0.6) is 5.75 Å². The van der Waals surface area contributed by atoms with E-state index in [9.17, 15) is 4.79 Å². The lowest BCUT2D eigenvalue weighted by Gasteiger charge is -2.26. The highest BCUT2D eigenvalue weighted by molar-refractivity contribution is 14.2. The molecule has 0 atom stereocenters. The molecule has 0 radical (unpaired) electrons. The van der Waals surface area contributed by atoms with E-state index in [1.165, 1.54) is 41.5 Å². The van der Waals surface area contributed by atoms with Crippen LogP contribution in [0.2, 0.25) is 0 Å². The van der Waals surface area contributed by atoms with Crippen molar-refractivity contribution < 1.29 is 4.74 Å². The number of hydrogen-bond acceptors (Lipinski definition) is 5. The number of halogens is 1. The van der Waals surface area contributed by atoms with Gasteiger partial charge in [0, 0.05) is 78.2 Å². The third kappa shape index (κ3) is 5.09. The highest BCUT2D eigenvalue weighted by Crippen LogP contribution is 2.33. The predicted octanol–water partition coefficient (Wildman–Crippen LogP) is 6.93. The Hall–Kier alpha value is -2.82. The molecule has 6 nitrogen and oxygen atoms in total. The number of piperidine rings is 1. The summed E-state index contributed by atoms with van der Waals surface area (Å²) in [4.78, 5) is 20.2. The van der Waals surface area contributed by atoms with E-state index in [4.69, 9.17) is 9.72 Å². The second-order valence-electron chi connectivity index (χ2n) is 9.81. The molecule has 0 amide bonds. The summed E-state index contributed by atoms with van der Waals surface area (Å²) in [5.74, 6) is 0.898. The van der Waals surface area contributed by atoms with Gasteiger partial charge in [0.05, 0.1) is 11.2 Å². The van der Waals surface area contributed by atoms with E-state index in [0.29, 0.717) is 5.52 Å². The molecule has 2 aromatic carbocycles. The van der Waals surface area contributed by atoms with Crippen molar-refractivity contribution in [1.82, 2.24) is 18.4 Å². The minimum atomic E-state index is 0.00318. The highest BCUT2D eigenvalue weighted by Gasteiger charge is 2.14. The number of nitrogens with zero attached hydrogens (tertiary/aromatic N) is 4. The van der Waals surface area contributed by atoms with Crippen molar-refractivity contribution in [3.05, 3.63) is 83.4 Å². The molecule has 0 N–H and O–H groups in total. The largest absolute Gasteiger partial charge is 0.492 e. The first-order chi connectivity index (χ1) is 18.6. The second-order valence-corrected chi connectivity index (χ2v) is 11.5. The Morgan fingerprint density at radius 2 is 1.76 bits per heavy atom. The van der Waals surface area contributed by atoms with Gasteiger partial charge < -0.3 is 9.30 Å². The third-order valence-electron chi connectivity index (χ3n) is 7.34. The summed E-state index contributed by atoms with van der Waals surface area (Å²) < 4.78 is 9.57. The number of likely N-dealkylation sites (tertiary alicyclic amines) is 1. The number of hydrogen-bond donors (Lipinski definition) is 0. The van der Waals surface area contributed by atoms with Crippen molar-refractivity contribution in [2.45, 2.75) is 19.3 Å². The molecule has 0 bridgehead atoms. The lowest BCUT2D eigenvalue weighted by molar-refractivity contribution is 0.183. The van der Waals surface area contributed by atoms with Crippen molar-refractivity contribution in [3.8, 4) is 28.1 Å². The molecule has 4 heterocycles. The summed E-state index contributed by atoms with van der Waals surface area (Å²) in [6.45, 7) is 4.10. The summed E-state index contributed by atoms with van der Waals surface area (Å²) in [6.07, 6.45) is 7.84. The van der Waals surface area contributed by atoms with Gasteiger partial charge >= 0.3 is 0 Å². The van der Waals surface area contributed by atoms with E-state index >= 15 is 0 Å². The van der Waals surface area contributed by atoms with E-state index in [0.717, 1.165) is 57.6 Å². The van der Waals surface area contributed by atoms with Gasteiger partial charge in [0.2, 0.25) is 0 Å². The summed E-state index contributed by atoms with van der Waals surface area (Å²) >= 11 is 2.20. The molecule has 38 heavy (non-hydrogen) atoms. The Morgan fingerprint density at radius 1 is 0.974 bits per heavy atom. The molecular formula is C30H29IN4O2S. The van der Waals surface area contributed by atoms with E-state index in [1.807, 2.05) is 34.6 Å². The van der Waals surface area contributed by atoms with Crippen LogP contribution >= 0.6 is 30.3 Å². The fourth-order valence-corrected chi connectivity index (χ4v) is 6.61. The number of ether oxygens (including phenoxy) is 1. The van der Waals surface area contributed by atoms with E-state index in [2.05, 4.69) is 68.6 Å². The van der Waals surface area contributed by atoms with Gasteiger partial charge in [0.25, 0.3) is 5.56 Å². The molecule has 0 unspecified atom stereocenters. The van der Waals surface area contributed by atoms with Gasteiger partial charge in [-0.1, -0.05) is 18.6 Å². The maximum atomic E-state index is 12.8. The van der Waals surface area contributed by atoms with Crippen LogP contribution < -0.4 is 10.3 Å². The molecule has 194 valence electrons. The van der Waals surface area contributed by atoms with Crippen LogP contribution in [0.4, 0.5) is 0 Å². The van der Waals surface area contributed by atoms with Gasteiger partial charge in [-0.3, -0.25) is 13.7 Å². The third-order valence-corrected chi connectivity index (χ3v) is 9.06. The summed E-state index contributed by atoms with van der Waals surface area (Å²) in [7, 11) is 3.30. The molecule has 0 saturated carbocycles. The fraction of sp³-hybridized carbons (Fsp3) is 0.267. The Kier molecular flexibility index (Phi) is 7.45. The molecule has 6 rings (SSSR count). The molecule has 1 aliphatic heterocycles. The monoisotopic (exact) mass is 636 g/mol. The number of pyridine rings is 2. The van der Waals surface area contributed by atoms with Crippen molar-refractivity contribution in [2.75, 3.05) is 26.2 Å². The average molecular weight is 637 g/mol. The molecule has 1 fully saturated rings. The molecular weight excluding hydrogens is 607 g/mol. The number of benzene rings is 2. The lowest BCUT2D eigenvalue weighted by Crippen LogP contribution is -2.33. The number of aromatic nitrogens is 3. The quantitative estimate of drug-likeness (QED) is 0.182. The maximum absolute atomic E-state index is 12.8. The Bertz CT molecular complexity index is 1660. The zero-order valence-electron chi connectivity index (χ0n) is 21.3. The van der Waals surface area contributed by atoms with Crippen LogP contribution in [-0.2, 0) is 7.05 Å². The van der Waals surface area contributed by atoms with Crippen LogP contribution in [0.1, 0.15) is 19.3 Å². The van der Waals surface area contributed by atoms with Crippen molar-refractivity contribution in [2.24, 2.45) is 7.05 Å². The Balaban J connectivity index is 1.22. The second kappa shape index (κ2) is 11.1.